The molecule has 1 aromatic rings. The number of nitrogens with two attached hydrogens (primary N) is 1. The summed E-state index contributed by atoms with van der Waals surface area (Å²) in [6.45, 7) is 7.68. The highest BCUT2D eigenvalue weighted by Gasteiger charge is 2.23. The highest BCUT2D eigenvalue weighted by atomic mass is 127. The minimum absolute atomic E-state index is 0. The van der Waals surface area contributed by atoms with Crippen molar-refractivity contribution in [2.45, 2.75) is 52.2 Å². The van der Waals surface area contributed by atoms with Gasteiger partial charge in [0.1, 0.15) is 0 Å². The van der Waals surface area contributed by atoms with Crippen LogP contribution in [0.4, 0.5) is 0 Å². The maximum absolute atomic E-state index is 11.5. The van der Waals surface area contributed by atoms with Crippen LogP contribution in [0.15, 0.2) is 29.3 Å². The van der Waals surface area contributed by atoms with Crippen LogP contribution in [0.25, 0.3) is 0 Å². The third-order valence-corrected chi connectivity index (χ3v) is 4.98. The number of likely N-dealkylation sites (tertiary alicyclic amines) is 1. The zero-order valence-corrected chi connectivity index (χ0v) is 19.0. The Labute approximate surface area is 180 Å². The molecule has 0 spiro atoms. The molecule has 0 aromatic heterocycles. The number of nitrogens with zero attached hydrogens (tertiary/aromatic N) is 2. The molecule has 0 aliphatic carbocycles. The summed E-state index contributed by atoms with van der Waals surface area (Å²) in [7, 11) is 1.79. The lowest BCUT2D eigenvalue weighted by Crippen LogP contribution is -2.41. The lowest BCUT2D eigenvalue weighted by molar-refractivity contribution is -0.123. The number of benzene rings is 1. The molecule has 6 nitrogen and oxygen atoms in total. The number of carbonyl (C=O) groups excluding carboxylic acids is 1. The van der Waals surface area contributed by atoms with Crippen molar-refractivity contribution in [3.8, 4) is 0 Å². The van der Waals surface area contributed by atoms with Gasteiger partial charge in [-0.15, -0.1) is 24.0 Å². The number of rotatable bonds is 7. The Kier molecular flexibility index (Phi) is 10.7. The topological polar surface area (TPSA) is 82.8 Å². The molecule has 1 aliphatic heterocycles. The average molecular weight is 487 g/mol. The van der Waals surface area contributed by atoms with Gasteiger partial charge in [-0.3, -0.25) is 14.7 Å². The molecule has 27 heavy (non-hydrogen) atoms. The van der Waals surface area contributed by atoms with Gasteiger partial charge in [-0.05, 0) is 43.9 Å². The van der Waals surface area contributed by atoms with Gasteiger partial charge >= 0.3 is 0 Å². The Morgan fingerprint density at radius 3 is 2.81 bits per heavy atom. The first kappa shape index (κ1) is 23.7. The number of hydrogen-bond acceptors (Lipinski definition) is 3. The number of primary amides is 1. The van der Waals surface area contributed by atoms with Gasteiger partial charge in [0.2, 0.25) is 5.91 Å². The molecule has 2 rings (SSSR count). The van der Waals surface area contributed by atoms with E-state index in [1.807, 2.05) is 0 Å². The number of nitrogens with one attached hydrogen (secondary N) is 2. The third kappa shape index (κ3) is 8.04. The van der Waals surface area contributed by atoms with Crippen molar-refractivity contribution in [1.29, 1.82) is 0 Å². The summed E-state index contributed by atoms with van der Waals surface area (Å²) < 4.78 is 0. The van der Waals surface area contributed by atoms with Gasteiger partial charge in [0.15, 0.2) is 5.96 Å². The lowest BCUT2D eigenvalue weighted by Gasteiger charge is -2.31. The molecule has 2 atom stereocenters. The van der Waals surface area contributed by atoms with E-state index in [1.165, 1.54) is 11.1 Å². The fraction of sp³-hybridized carbons (Fsp3) is 0.600. The molecule has 1 aromatic carbocycles. The maximum atomic E-state index is 11.5. The monoisotopic (exact) mass is 487 g/mol. The van der Waals surface area contributed by atoms with Crippen molar-refractivity contribution in [2.24, 2.45) is 16.6 Å². The van der Waals surface area contributed by atoms with Gasteiger partial charge in [0, 0.05) is 32.7 Å². The second-order valence-corrected chi connectivity index (χ2v) is 7.18. The number of halogens is 1. The molecule has 1 fully saturated rings. The van der Waals surface area contributed by atoms with Crippen molar-refractivity contribution in [1.82, 2.24) is 15.5 Å². The van der Waals surface area contributed by atoms with Crippen LogP contribution in [0.5, 0.6) is 0 Å². The van der Waals surface area contributed by atoms with Crippen LogP contribution in [0.3, 0.4) is 0 Å². The zero-order valence-electron chi connectivity index (χ0n) is 16.7. The van der Waals surface area contributed by atoms with Crippen LogP contribution in [0.2, 0.25) is 0 Å². The fourth-order valence-corrected chi connectivity index (χ4v) is 3.24. The quantitative estimate of drug-likeness (QED) is 0.314. The predicted molar refractivity (Wildman–Crippen MR) is 122 cm³/mol. The van der Waals surface area contributed by atoms with Crippen LogP contribution in [-0.2, 0) is 17.9 Å². The van der Waals surface area contributed by atoms with E-state index in [0.717, 1.165) is 51.4 Å². The van der Waals surface area contributed by atoms with E-state index in [-0.39, 0.29) is 35.8 Å². The van der Waals surface area contributed by atoms with Crippen molar-refractivity contribution < 1.29 is 4.79 Å². The normalized spacial score (nSPS) is 19.1. The van der Waals surface area contributed by atoms with Gasteiger partial charge < -0.3 is 16.4 Å². The van der Waals surface area contributed by atoms with Gasteiger partial charge in [0.25, 0.3) is 0 Å². The van der Waals surface area contributed by atoms with E-state index >= 15 is 0 Å². The number of carbonyl (C=O) groups is 1. The molecule has 152 valence electrons. The second-order valence-electron chi connectivity index (χ2n) is 7.18. The number of guanidine groups is 1. The van der Waals surface area contributed by atoms with E-state index in [4.69, 9.17) is 5.73 Å². The van der Waals surface area contributed by atoms with Gasteiger partial charge in [-0.2, -0.15) is 0 Å². The molecule has 1 heterocycles. The Bertz CT molecular complexity index is 622. The van der Waals surface area contributed by atoms with E-state index in [2.05, 4.69) is 58.6 Å². The summed E-state index contributed by atoms with van der Waals surface area (Å²) in [5, 5.41) is 6.74. The minimum atomic E-state index is -0.173. The predicted octanol–water partition coefficient (Wildman–Crippen LogP) is 2.47. The van der Waals surface area contributed by atoms with E-state index in [0.29, 0.717) is 6.04 Å². The van der Waals surface area contributed by atoms with Crippen molar-refractivity contribution in [2.75, 3.05) is 20.1 Å². The number of piperidine rings is 1. The standard InChI is InChI=1S/C20H33N5O.HI/c1-4-15(2)24-20(22-3)23-12-16-7-5-8-17(11-16)13-25-10-6-9-18(14-25)19(21)26;/h5,7-8,11,15,18H,4,6,9-10,12-14H2,1-3H3,(H2,21,26)(H2,22,23,24);1H. The number of hydrogen-bond donors (Lipinski definition) is 3. The molecule has 7 heteroatoms. The molecule has 1 saturated heterocycles. The summed E-state index contributed by atoms with van der Waals surface area (Å²) in [5.74, 6) is 0.640. The molecule has 0 radical (unpaired) electrons. The zero-order chi connectivity index (χ0) is 18.9. The molecule has 4 N–H and O–H groups in total. The average Bonchev–Trinajstić information content (AvgIpc) is 2.65. The largest absolute Gasteiger partial charge is 0.369 e. The van der Waals surface area contributed by atoms with E-state index in [1.54, 1.807) is 7.05 Å². The van der Waals surface area contributed by atoms with Crippen molar-refractivity contribution in [3.63, 3.8) is 0 Å². The Morgan fingerprint density at radius 1 is 1.41 bits per heavy atom. The Morgan fingerprint density at radius 2 is 2.15 bits per heavy atom. The van der Waals surface area contributed by atoms with Crippen molar-refractivity contribution in [3.05, 3.63) is 35.4 Å². The summed E-state index contributed by atoms with van der Waals surface area (Å²) >= 11 is 0. The van der Waals surface area contributed by atoms with Crippen LogP contribution in [0, 0.1) is 5.92 Å². The van der Waals surface area contributed by atoms with Crippen LogP contribution >= 0.6 is 24.0 Å². The third-order valence-electron chi connectivity index (χ3n) is 4.98. The SMILES string of the molecule is CCC(C)NC(=NC)NCc1cccc(CN2CCCC(C(N)=O)C2)c1.I. The summed E-state index contributed by atoms with van der Waals surface area (Å²) in [6, 6.07) is 8.97. The second kappa shape index (κ2) is 12.2. The maximum Gasteiger partial charge on any atom is 0.221 e. The molecule has 0 saturated carbocycles. The van der Waals surface area contributed by atoms with E-state index in [9.17, 15) is 4.79 Å². The Balaban J connectivity index is 0.00000364. The van der Waals surface area contributed by atoms with E-state index < -0.39 is 0 Å². The molecule has 1 aliphatic rings. The first-order valence-electron chi connectivity index (χ1n) is 9.58. The highest BCUT2D eigenvalue weighted by Crippen LogP contribution is 2.18. The van der Waals surface area contributed by atoms with Crippen LogP contribution in [0.1, 0.15) is 44.2 Å². The molecular formula is C20H34IN5O. The van der Waals surface area contributed by atoms with Gasteiger partial charge in [-0.1, -0.05) is 31.2 Å². The molecule has 1 amide bonds. The smallest absolute Gasteiger partial charge is 0.221 e. The van der Waals surface area contributed by atoms with Crippen LogP contribution in [-0.4, -0.2) is 42.9 Å². The lowest BCUT2D eigenvalue weighted by atomic mass is 9.97. The molecular weight excluding hydrogens is 453 g/mol. The molecule has 2 unspecified atom stereocenters. The first-order valence-corrected chi connectivity index (χ1v) is 9.58. The van der Waals surface area contributed by atoms with Crippen molar-refractivity contribution >= 4 is 35.8 Å². The Hall–Kier alpha value is -1.35. The summed E-state index contributed by atoms with van der Waals surface area (Å²) in [5.41, 5.74) is 7.96. The van der Waals surface area contributed by atoms with Gasteiger partial charge in [-0.25, -0.2) is 0 Å². The highest BCUT2D eigenvalue weighted by molar-refractivity contribution is 14.0. The van der Waals surface area contributed by atoms with Gasteiger partial charge in [0.05, 0.1) is 5.92 Å². The summed E-state index contributed by atoms with van der Waals surface area (Å²) in [6.07, 6.45) is 3.00. The first-order chi connectivity index (χ1) is 12.5. The van der Waals surface area contributed by atoms with Crippen LogP contribution < -0.4 is 16.4 Å². The minimum Gasteiger partial charge on any atom is -0.369 e. The summed E-state index contributed by atoms with van der Waals surface area (Å²) in [4.78, 5) is 18.1. The number of amides is 1. The molecule has 0 bridgehead atoms. The fourth-order valence-electron chi connectivity index (χ4n) is 3.24. The number of aliphatic imine (C=N–C) groups is 1.